The third-order valence-corrected chi connectivity index (χ3v) is 3.92. The number of carbonyl (C=O) groups is 2. The minimum Gasteiger partial charge on any atom is -0.353 e. The molecule has 1 aromatic carbocycles. The zero-order valence-electron chi connectivity index (χ0n) is 13.1. The van der Waals surface area contributed by atoms with Crippen LogP contribution in [0.3, 0.4) is 0 Å². The van der Waals surface area contributed by atoms with Gasteiger partial charge in [-0.05, 0) is 31.9 Å². The Bertz CT molecular complexity index is 517. The number of amides is 2. The molecule has 2 rings (SSSR count). The number of aryl methyl sites for hydroxylation is 1. The summed E-state index contributed by atoms with van der Waals surface area (Å²) >= 11 is 0. The summed E-state index contributed by atoms with van der Waals surface area (Å²) in [5.74, 6) is 0.197. The molecule has 0 radical (unpaired) electrons. The first-order chi connectivity index (χ1) is 9.97. The van der Waals surface area contributed by atoms with E-state index in [1.807, 2.05) is 49.9 Å². The minimum absolute atomic E-state index is 0.0111. The Hall–Kier alpha value is -1.84. The number of rotatable bonds is 3. The third-order valence-electron chi connectivity index (χ3n) is 3.92. The van der Waals surface area contributed by atoms with Gasteiger partial charge in [-0.1, -0.05) is 31.5 Å². The summed E-state index contributed by atoms with van der Waals surface area (Å²) in [4.78, 5) is 26.0. The van der Waals surface area contributed by atoms with E-state index in [4.69, 9.17) is 0 Å². The van der Waals surface area contributed by atoms with Crippen LogP contribution in [-0.4, -0.2) is 35.8 Å². The maximum Gasteiger partial charge on any atom is 0.253 e. The predicted octanol–water partition coefficient (Wildman–Crippen LogP) is 2.37. The molecular weight excluding hydrogens is 264 g/mol. The monoisotopic (exact) mass is 288 g/mol. The van der Waals surface area contributed by atoms with Gasteiger partial charge in [0, 0.05) is 30.6 Å². The normalized spacial score (nSPS) is 16.1. The first-order valence-corrected chi connectivity index (χ1v) is 7.63. The van der Waals surface area contributed by atoms with Gasteiger partial charge in [0.05, 0.1) is 0 Å². The van der Waals surface area contributed by atoms with E-state index in [0.717, 1.165) is 24.0 Å². The van der Waals surface area contributed by atoms with Crippen LogP contribution in [0.5, 0.6) is 0 Å². The molecule has 4 heteroatoms. The fourth-order valence-corrected chi connectivity index (χ4v) is 2.56. The van der Waals surface area contributed by atoms with E-state index < -0.39 is 0 Å². The van der Waals surface area contributed by atoms with Gasteiger partial charge in [0.15, 0.2) is 0 Å². The van der Waals surface area contributed by atoms with Crippen LogP contribution in [0, 0.1) is 12.8 Å². The SMILES string of the molecule is Cc1cccc(C(=O)N2CCC(NC(=O)C(C)C)CC2)c1. The van der Waals surface area contributed by atoms with Crippen LogP contribution in [-0.2, 0) is 4.79 Å². The second kappa shape index (κ2) is 6.74. The lowest BCUT2D eigenvalue weighted by atomic mass is 10.0. The van der Waals surface area contributed by atoms with Gasteiger partial charge in [0.1, 0.15) is 0 Å². The lowest BCUT2D eigenvalue weighted by Gasteiger charge is -2.32. The molecule has 114 valence electrons. The van der Waals surface area contributed by atoms with Crippen molar-refractivity contribution in [3.63, 3.8) is 0 Å². The third kappa shape index (κ3) is 4.06. The molecule has 1 aromatic rings. The van der Waals surface area contributed by atoms with Gasteiger partial charge >= 0.3 is 0 Å². The zero-order valence-corrected chi connectivity index (χ0v) is 13.1. The number of carbonyl (C=O) groups excluding carboxylic acids is 2. The average molecular weight is 288 g/mol. The van der Waals surface area contributed by atoms with Crippen LogP contribution in [0.25, 0.3) is 0 Å². The molecule has 1 saturated heterocycles. The minimum atomic E-state index is 0.0111. The van der Waals surface area contributed by atoms with E-state index >= 15 is 0 Å². The summed E-state index contributed by atoms with van der Waals surface area (Å²) in [5, 5.41) is 3.05. The van der Waals surface area contributed by atoms with E-state index in [1.54, 1.807) is 0 Å². The lowest BCUT2D eigenvalue weighted by Crippen LogP contribution is -2.47. The predicted molar refractivity (Wildman–Crippen MR) is 83.1 cm³/mol. The van der Waals surface area contributed by atoms with Crippen LogP contribution in [0.4, 0.5) is 0 Å². The Morgan fingerprint density at radius 2 is 1.90 bits per heavy atom. The molecule has 0 aliphatic carbocycles. The first kappa shape index (κ1) is 15.5. The van der Waals surface area contributed by atoms with Crippen LogP contribution in [0.15, 0.2) is 24.3 Å². The molecule has 0 saturated carbocycles. The molecule has 2 amide bonds. The van der Waals surface area contributed by atoms with E-state index in [1.165, 1.54) is 0 Å². The molecule has 0 bridgehead atoms. The van der Waals surface area contributed by atoms with Crippen molar-refractivity contribution < 1.29 is 9.59 Å². The lowest BCUT2D eigenvalue weighted by molar-refractivity contribution is -0.124. The molecular formula is C17H24N2O2. The van der Waals surface area contributed by atoms with E-state index in [2.05, 4.69) is 5.32 Å². The highest BCUT2D eigenvalue weighted by atomic mass is 16.2. The average Bonchev–Trinajstić information content (AvgIpc) is 2.47. The van der Waals surface area contributed by atoms with E-state index in [0.29, 0.717) is 13.1 Å². The number of likely N-dealkylation sites (tertiary alicyclic amines) is 1. The van der Waals surface area contributed by atoms with Gasteiger partial charge in [-0.2, -0.15) is 0 Å². The molecule has 0 unspecified atom stereocenters. The molecule has 0 aromatic heterocycles. The Labute approximate surface area is 126 Å². The number of hydrogen-bond donors (Lipinski definition) is 1. The van der Waals surface area contributed by atoms with Crippen molar-refractivity contribution in [2.24, 2.45) is 5.92 Å². The Morgan fingerprint density at radius 1 is 1.24 bits per heavy atom. The summed E-state index contributed by atoms with van der Waals surface area (Å²) in [6.45, 7) is 7.19. The van der Waals surface area contributed by atoms with Crippen molar-refractivity contribution in [2.45, 2.75) is 39.7 Å². The van der Waals surface area contributed by atoms with Crippen molar-refractivity contribution in [2.75, 3.05) is 13.1 Å². The van der Waals surface area contributed by atoms with Gasteiger partial charge in [0.2, 0.25) is 5.91 Å². The molecule has 1 aliphatic rings. The quantitative estimate of drug-likeness (QED) is 0.928. The number of nitrogens with one attached hydrogen (secondary N) is 1. The molecule has 21 heavy (non-hydrogen) atoms. The fourth-order valence-electron chi connectivity index (χ4n) is 2.56. The van der Waals surface area contributed by atoms with Gasteiger partial charge in [-0.15, -0.1) is 0 Å². The summed E-state index contributed by atoms with van der Waals surface area (Å²) in [6.07, 6.45) is 1.66. The van der Waals surface area contributed by atoms with Gasteiger partial charge in [-0.3, -0.25) is 9.59 Å². The van der Waals surface area contributed by atoms with Crippen molar-refractivity contribution >= 4 is 11.8 Å². The van der Waals surface area contributed by atoms with Crippen LogP contribution < -0.4 is 5.32 Å². The summed E-state index contributed by atoms with van der Waals surface area (Å²) in [7, 11) is 0. The smallest absolute Gasteiger partial charge is 0.253 e. The molecule has 1 N–H and O–H groups in total. The van der Waals surface area contributed by atoms with Crippen molar-refractivity contribution in [1.29, 1.82) is 0 Å². The first-order valence-electron chi connectivity index (χ1n) is 7.63. The van der Waals surface area contributed by atoms with Gasteiger partial charge in [-0.25, -0.2) is 0 Å². The van der Waals surface area contributed by atoms with Crippen LogP contribution >= 0.6 is 0 Å². The summed E-state index contributed by atoms with van der Waals surface area (Å²) in [6, 6.07) is 7.89. The van der Waals surface area contributed by atoms with Crippen molar-refractivity contribution in [1.82, 2.24) is 10.2 Å². The van der Waals surface area contributed by atoms with Crippen molar-refractivity contribution in [3.8, 4) is 0 Å². The maximum absolute atomic E-state index is 12.4. The highest BCUT2D eigenvalue weighted by molar-refractivity contribution is 5.94. The summed E-state index contributed by atoms with van der Waals surface area (Å²) < 4.78 is 0. The number of nitrogens with zero attached hydrogens (tertiary/aromatic N) is 1. The maximum atomic E-state index is 12.4. The van der Waals surface area contributed by atoms with E-state index in [-0.39, 0.29) is 23.8 Å². The fraction of sp³-hybridized carbons (Fsp3) is 0.529. The summed E-state index contributed by atoms with van der Waals surface area (Å²) in [5.41, 5.74) is 1.85. The number of hydrogen-bond acceptors (Lipinski definition) is 2. The van der Waals surface area contributed by atoms with Crippen LogP contribution in [0.1, 0.15) is 42.6 Å². The standard InChI is InChI=1S/C17H24N2O2/c1-12(2)16(20)18-15-7-9-19(10-8-15)17(21)14-6-4-5-13(3)11-14/h4-6,11-12,15H,7-10H2,1-3H3,(H,18,20). The second-order valence-corrected chi connectivity index (χ2v) is 6.10. The molecule has 1 heterocycles. The Morgan fingerprint density at radius 3 is 2.48 bits per heavy atom. The largest absolute Gasteiger partial charge is 0.353 e. The van der Waals surface area contributed by atoms with Crippen LogP contribution in [0.2, 0.25) is 0 Å². The molecule has 0 atom stereocenters. The Kier molecular flexibility index (Phi) is 4.99. The zero-order chi connectivity index (χ0) is 15.4. The number of benzene rings is 1. The molecule has 4 nitrogen and oxygen atoms in total. The molecule has 0 spiro atoms. The molecule has 1 aliphatic heterocycles. The van der Waals surface area contributed by atoms with Gasteiger partial charge in [0.25, 0.3) is 5.91 Å². The van der Waals surface area contributed by atoms with E-state index in [9.17, 15) is 9.59 Å². The molecule has 1 fully saturated rings. The topological polar surface area (TPSA) is 49.4 Å². The Balaban J connectivity index is 1.89. The second-order valence-electron chi connectivity index (χ2n) is 6.10. The van der Waals surface area contributed by atoms with Crippen molar-refractivity contribution in [3.05, 3.63) is 35.4 Å². The highest BCUT2D eigenvalue weighted by Crippen LogP contribution is 2.15. The number of piperidine rings is 1. The highest BCUT2D eigenvalue weighted by Gasteiger charge is 2.25. The van der Waals surface area contributed by atoms with Gasteiger partial charge < -0.3 is 10.2 Å².